The summed E-state index contributed by atoms with van der Waals surface area (Å²) in [5.41, 5.74) is 6.34. The highest BCUT2D eigenvalue weighted by Gasteiger charge is 2.16. The molecule has 0 saturated heterocycles. The molecule has 2 aromatic rings. The van der Waals surface area contributed by atoms with Gasteiger partial charge in [0.1, 0.15) is 11.6 Å². The highest BCUT2D eigenvalue weighted by Crippen LogP contribution is 2.32. The van der Waals surface area contributed by atoms with Gasteiger partial charge in [-0.25, -0.2) is 4.39 Å². The fourth-order valence-electron chi connectivity index (χ4n) is 1.70. The topological polar surface area (TPSA) is 64.3 Å². The zero-order valence-corrected chi connectivity index (χ0v) is 12.4. The number of carbonyl (C=O) groups is 1. The van der Waals surface area contributed by atoms with Gasteiger partial charge < -0.3 is 15.8 Å². The van der Waals surface area contributed by atoms with Crippen LogP contribution in [0.4, 0.5) is 15.8 Å². The first-order valence-corrected chi connectivity index (χ1v) is 6.57. The average molecular weight is 329 g/mol. The maximum Gasteiger partial charge on any atom is 0.257 e. The van der Waals surface area contributed by atoms with Crippen molar-refractivity contribution in [2.75, 3.05) is 18.2 Å². The van der Waals surface area contributed by atoms with E-state index < -0.39 is 11.7 Å². The zero-order valence-electron chi connectivity index (χ0n) is 10.9. The van der Waals surface area contributed by atoms with Gasteiger partial charge in [-0.05, 0) is 30.3 Å². The minimum absolute atomic E-state index is 0.00480. The first-order valence-electron chi connectivity index (χ1n) is 5.81. The van der Waals surface area contributed by atoms with Crippen LogP contribution in [0, 0.1) is 5.82 Å². The van der Waals surface area contributed by atoms with Crippen molar-refractivity contribution < 1.29 is 13.9 Å². The van der Waals surface area contributed by atoms with Gasteiger partial charge >= 0.3 is 0 Å². The van der Waals surface area contributed by atoms with Crippen LogP contribution in [0.5, 0.6) is 5.75 Å². The summed E-state index contributed by atoms with van der Waals surface area (Å²) in [5, 5.41) is 2.50. The highest BCUT2D eigenvalue weighted by atomic mass is 35.5. The second-order valence-electron chi connectivity index (χ2n) is 4.15. The minimum Gasteiger partial charge on any atom is -0.497 e. The number of halogens is 3. The fourth-order valence-corrected chi connectivity index (χ4v) is 2.26. The summed E-state index contributed by atoms with van der Waals surface area (Å²) in [4.78, 5) is 12.2. The molecule has 2 aromatic carbocycles. The molecule has 0 heterocycles. The summed E-state index contributed by atoms with van der Waals surface area (Å²) >= 11 is 11.7. The largest absolute Gasteiger partial charge is 0.497 e. The van der Waals surface area contributed by atoms with Crippen LogP contribution in [0.15, 0.2) is 30.3 Å². The molecule has 0 unspecified atom stereocenters. The molecule has 0 atom stereocenters. The molecule has 4 nitrogen and oxygen atoms in total. The van der Waals surface area contributed by atoms with E-state index in [0.29, 0.717) is 5.75 Å². The molecule has 0 fully saturated rings. The lowest BCUT2D eigenvalue weighted by atomic mass is 10.1. The molecule has 3 N–H and O–H groups in total. The van der Waals surface area contributed by atoms with Gasteiger partial charge in [0.15, 0.2) is 0 Å². The van der Waals surface area contributed by atoms with Crippen LogP contribution in [-0.4, -0.2) is 13.0 Å². The quantitative estimate of drug-likeness (QED) is 0.837. The molecule has 0 aliphatic carbocycles. The Bertz CT molecular complexity index is 684. The van der Waals surface area contributed by atoms with Crippen molar-refractivity contribution >= 4 is 40.5 Å². The summed E-state index contributed by atoms with van der Waals surface area (Å²) in [5.74, 6) is -0.642. The summed E-state index contributed by atoms with van der Waals surface area (Å²) in [6.45, 7) is 0. The first-order chi connectivity index (χ1) is 9.92. The Labute approximate surface area is 130 Å². The smallest absolute Gasteiger partial charge is 0.257 e. The van der Waals surface area contributed by atoms with Crippen LogP contribution < -0.4 is 15.8 Å². The maximum atomic E-state index is 13.1. The van der Waals surface area contributed by atoms with Gasteiger partial charge in [0.05, 0.1) is 28.4 Å². The molecule has 0 saturated carbocycles. The van der Waals surface area contributed by atoms with Crippen LogP contribution in [0.1, 0.15) is 10.4 Å². The number of nitrogens with two attached hydrogens (primary N) is 1. The number of hydrogen-bond acceptors (Lipinski definition) is 3. The van der Waals surface area contributed by atoms with Crippen LogP contribution >= 0.6 is 23.2 Å². The second kappa shape index (κ2) is 6.20. The molecule has 2 rings (SSSR count). The van der Waals surface area contributed by atoms with E-state index in [1.807, 2.05) is 0 Å². The molecule has 21 heavy (non-hydrogen) atoms. The number of nitrogen functional groups attached to an aromatic ring is 1. The van der Waals surface area contributed by atoms with Gasteiger partial charge in [-0.15, -0.1) is 0 Å². The average Bonchev–Trinajstić information content (AvgIpc) is 2.43. The van der Waals surface area contributed by atoms with E-state index in [-0.39, 0.29) is 27.0 Å². The van der Waals surface area contributed by atoms with Crippen molar-refractivity contribution in [2.24, 2.45) is 0 Å². The van der Waals surface area contributed by atoms with E-state index >= 15 is 0 Å². The van der Waals surface area contributed by atoms with Gasteiger partial charge in [0.2, 0.25) is 0 Å². The lowest BCUT2D eigenvalue weighted by Gasteiger charge is -2.11. The number of methoxy groups -OCH3 is 1. The maximum absolute atomic E-state index is 13.1. The molecule has 0 aliphatic heterocycles. The van der Waals surface area contributed by atoms with Gasteiger partial charge in [-0.3, -0.25) is 4.79 Å². The molecular weight excluding hydrogens is 318 g/mol. The van der Waals surface area contributed by atoms with E-state index in [2.05, 4.69) is 5.32 Å². The van der Waals surface area contributed by atoms with E-state index in [1.165, 1.54) is 13.2 Å². The van der Waals surface area contributed by atoms with E-state index in [0.717, 1.165) is 12.1 Å². The number of nitrogens with one attached hydrogen (secondary N) is 1. The highest BCUT2D eigenvalue weighted by molar-refractivity contribution is 6.40. The zero-order chi connectivity index (χ0) is 15.6. The summed E-state index contributed by atoms with van der Waals surface area (Å²) in [6.07, 6.45) is 0. The summed E-state index contributed by atoms with van der Waals surface area (Å²) < 4.78 is 18.1. The molecule has 0 bridgehead atoms. The van der Waals surface area contributed by atoms with Crippen molar-refractivity contribution in [1.29, 1.82) is 0 Å². The predicted octanol–water partition coefficient (Wildman–Crippen LogP) is 3.98. The Morgan fingerprint density at radius 2 is 1.86 bits per heavy atom. The molecule has 1 amide bonds. The first kappa shape index (κ1) is 15.4. The monoisotopic (exact) mass is 328 g/mol. The van der Waals surface area contributed by atoms with Crippen LogP contribution in [0.25, 0.3) is 0 Å². The number of carbonyl (C=O) groups excluding carboxylic acids is 1. The van der Waals surface area contributed by atoms with E-state index in [1.54, 1.807) is 12.1 Å². The Hall–Kier alpha value is -1.98. The van der Waals surface area contributed by atoms with E-state index in [9.17, 15) is 9.18 Å². The SMILES string of the molecule is COc1ccc(N)c(C(=O)Nc2c(Cl)cc(F)cc2Cl)c1. The third-order valence-corrected chi connectivity index (χ3v) is 3.35. The number of hydrogen-bond donors (Lipinski definition) is 2. The van der Waals surface area contributed by atoms with Crippen molar-refractivity contribution in [3.63, 3.8) is 0 Å². The van der Waals surface area contributed by atoms with Crippen LogP contribution in [0.3, 0.4) is 0 Å². The van der Waals surface area contributed by atoms with Crippen LogP contribution in [-0.2, 0) is 0 Å². The Morgan fingerprint density at radius 3 is 2.43 bits per heavy atom. The number of ether oxygens (including phenoxy) is 1. The number of anilines is 2. The molecule has 7 heteroatoms. The summed E-state index contributed by atoms with van der Waals surface area (Å²) in [6, 6.07) is 6.76. The van der Waals surface area contributed by atoms with E-state index in [4.69, 9.17) is 33.7 Å². The second-order valence-corrected chi connectivity index (χ2v) is 4.97. The number of benzene rings is 2. The van der Waals surface area contributed by atoms with Gasteiger partial charge in [-0.2, -0.15) is 0 Å². The van der Waals surface area contributed by atoms with Crippen molar-refractivity contribution in [3.05, 3.63) is 51.8 Å². The molecule has 0 spiro atoms. The minimum atomic E-state index is -0.594. The Balaban J connectivity index is 2.35. The third-order valence-electron chi connectivity index (χ3n) is 2.75. The molecular formula is C14H11Cl2FN2O2. The number of amides is 1. The number of rotatable bonds is 3. The Morgan fingerprint density at radius 1 is 1.24 bits per heavy atom. The standard InChI is InChI=1S/C14H11Cl2FN2O2/c1-21-8-2-3-12(18)9(6-8)14(20)19-13-10(15)4-7(17)5-11(13)16/h2-6H,18H2,1H3,(H,19,20). The fraction of sp³-hybridized carbons (Fsp3) is 0.0714. The molecule has 0 radical (unpaired) electrons. The lowest BCUT2D eigenvalue weighted by Crippen LogP contribution is -2.15. The molecule has 110 valence electrons. The predicted molar refractivity (Wildman–Crippen MR) is 81.8 cm³/mol. The van der Waals surface area contributed by atoms with Crippen LogP contribution in [0.2, 0.25) is 10.0 Å². The van der Waals surface area contributed by atoms with Crippen molar-refractivity contribution in [2.45, 2.75) is 0 Å². The molecule has 0 aliphatic rings. The molecule has 0 aromatic heterocycles. The normalized spacial score (nSPS) is 10.3. The van der Waals surface area contributed by atoms with Gasteiger partial charge in [0, 0.05) is 5.69 Å². The van der Waals surface area contributed by atoms with Gasteiger partial charge in [-0.1, -0.05) is 23.2 Å². The van der Waals surface area contributed by atoms with Crippen molar-refractivity contribution in [1.82, 2.24) is 0 Å². The lowest BCUT2D eigenvalue weighted by molar-refractivity contribution is 0.102. The summed E-state index contributed by atoms with van der Waals surface area (Å²) in [7, 11) is 1.47. The Kier molecular flexibility index (Phi) is 4.55. The third kappa shape index (κ3) is 3.37. The van der Waals surface area contributed by atoms with Gasteiger partial charge in [0.25, 0.3) is 5.91 Å². The van der Waals surface area contributed by atoms with Crippen molar-refractivity contribution in [3.8, 4) is 5.75 Å².